The Hall–Kier alpha value is -0.0800. The van der Waals surface area contributed by atoms with Crippen molar-refractivity contribution in [2.24, 2.45) is 11.8 Å². The lowest BCUT2D eigenvalue weighted by Gasteiger charge is -2.38. The predicted molar refractivity (Wildman–Crippen MR) is 69.6 cm³/mol. The molecule has 0 aromatic carbocycles. The van der Waals surface area contributed by atoms with E-state index in [2.05, 4.69) is 24.1 Å². The number of hydrogen-bond donors (Lipinski definition) is 1. The van der Waals surface area contributed by atoms with Crippen LogP contribution in [0.2, 0.25) is 0 Å². The molecule has 0 amide bonds. The van der Waals surface area contributed by atoms with Crippen LogP contribution in [-0.2, 0) is 0 Å². The fourth-order valence-electron chi connectivity index (χ4n) is 3.17. The van der Waals surface area contributed by atoms with Crippen molar-refractivity contribution in [1.29, 1.82) is 0 Å². The highest BCUT2D eigenvalue weighted by molar-refractivity contribution is 4.86. The molecule has 2 unspecified atom stereocenters. The summed E-state index contributed by atoms with van der Waals surface area (Å²) in [4.78, 5) is 2.73. The number of rotatable bonds is 6. The lowest BCUT2D eigenvalue weighted by molar-refractivity contribution is 0.131. The third kappa shape index (κ3) is 3.74. The van der Waals surface area contributed by atoms with Crippen LogP contribution in [0.1, 0.15) is 46.0 Å². The maximum absolute atomic E-state index is 3.65. The van der Waals surface area contributed by atoms with E-state index < -0.39 is 0 Å². The summed E-state index contributed by atoms with van der Waals surface area (Å²) >= 11 is 0. The number of nitrogens with one attached hydrogen (secondary N) is 1. The third-order valence-corrected chi connectivity index (χ3v) is 4.02. The second kappa shape index (κ2) is 6.02. The average molecular weight is 224 g/mol. The van der Waals surface area contributed by atoms with E-state index in [1.807, 2.05) is 0 Å². The highest BCUT2D eigenvalue weighted by atomic mass is 15.2. The summed E-state index contributed by atoms with van der Waals surface area (Å²) in [5.41, 5.74) is 0. The van der Waals surface area contributed by atoms with Gasteiger partial charge < -0.3 is 10.2 Å². The van der Waals surface area contributed by atoms with Gasteiger partial charge in [0.2, 0.25) is 0 Å². The lowest BCUT2D eigenvalue weighted by Crippen LogP contribution is -2.49. The highest BCUT2D eigenvalue weighted by Gasteiger charge is 2.30. The Labute approximate surface area is 101 Å². The molecule has 94 valence electrons. The number of nitrogens with zero attached hydrogens (tertiary/aromatic N) is 1. The maximum Gasteiger partial charge on any atom is 0.0198 e. The number of likely N-dealkylation sites (N-methyl/N-ethyl adjacent to an activating group) is 1. The molecule has 2 fully saturated rings. The summed E-state index contributed by atoms with van der Waals surface area (Å²) in [5.74, 6) is 1.99. The van der Waals surface area contributed by atoms with Crippen LogP contribution in [-0.4, -0.2) is 37.1 Å². The number of likely N-dealkylation sites (tertiary alicyclic amines) is 1. The Kier molecular flexibility index (Phi) is 4.66. The molecule has 2 aliphatic rings. The molecule has 2 atom stereocenters. The van der Waals surface area contributed by atoms with E-state index >= 15 is 0 Å². The molecule has 0 aromatic heterocycles. The molecule has 1 aliphatic heterocycles. The second-order valence-corrected chi connectivity index (χ2v) is 5.81. The Balaban J connectivity index is 1.81. The van der Waals surface area contributed by atoms with Gasteiger partial charge in [0.05, 0.1) is 0 Å². The zero-order chi connectivity index (χ0) is 11.4. The van der Waals surface area contributed by atoms with E-state index in [9.17, 15) is 0 Å². The molecular formula is C14H28N2. The van der Waals surface area contributed by atoms with Crippen molar-refractivity contribution < 1.29 is 0 Å². The third-order valence-electron chi connectivity index (χ3n) is 4.02. The van der Waals surface area contributed by atoms with Crippen LogP contribution in [0.5, 0.6) is 0 Å². The fraction of sp³-hybridized carbons (Fsp3) is 1.00. The molecule has 1 N–H and O–H groups in total. The zero-order valence-electron chi connectivity index (χ0n) is 11.0. The Bertz CT molecular complexity index is 187. The molecule has 2 heteroatoms. The maximum atomic E-state index is 3.65. The predicted octanol–water partition coefficient (Wildman–Crippen LogP) is 2.50. The molecule has 2 rings (SSSR count). The van der Waals surface area contributed by atoms with Gasteiger partial charge in [0.15, 0.2) is 0 Å². The second-order valence-electron chi connectivity index (χ2n) is 5.81. The van der Waals surface area contributed by atoms with Crippen molar-refractivity contribution in [2.75, 3.05) is 26.2 Å². The number of piperidine rings is 1. The van der Waals surface area contributed by atoms with Gasteiger partial charge in [-0.25, -0.2) is 0 Å². The van der Waals surface area contributed by atoms with Gasteiger partial charge in [0.25, 0.3) is 0 Å². The summed E-state index contributed by atoms with van der Waals surface area (Å²) in [7, 11) is 0. The molecule has 0 radical (unpaired) electrons. The molecule has 0 aromatic rings. The van der Waals surface area contributed by atoms with Gasteiger partial charge in [-0.2, -0.15) is 0 Å². The topological polar surface area (TPSA) is 15.3 Å². The SMILES string of the molecule is CCCC1CC(NCC)CN(CC2CC2)C1. The molecule has 1 saturated carbocycles. The molecule has 16 heavy (non-hydrogen) atoms. The smallest absolute Gasteiger partial charge is 0.0198 e. The monoisotopic (exact) mass is 224 g/mol. The first-order valence-corrected chi connectivity index (χ1v) is 7.27. The largest absolute Gasteiger partial charge is 0.313 e. The summed E-state index contributed by atoms with van der Waals surface area (Å²) in [5, 5.41) is 3.65. The van der Waals surface area contributed by atoms with E-state index in [1.165, 1.54) is 51.7 Å². The van der Waals surface area contributed by atoms with Crippen LogP contribution in [0.4, 0.5) is 0 Å². The van der Waals surface area contributed by atoms with Gasteiger partial charge in [-0.1, -0.05) is 20.3 Å². The van der Waals surface area contributed by atoms with Gasteiger partial charge in [0.1, 0.15) is 0 Å². The van der Waals surface area contributed by atoms with Gasteiger partial charge in [0, 0.05) is 25.7 Å². The van der Waals surface area contributed by atoms with E-state index in [1.54, 1.807) is 0 Å². The van der Waals surface area contributed by atoms with Crippen molar-refractivity contribution in [1.82, 2.24) is 10.2 Å². The normalized spacial score (nSPS) is 31.9. The van der Waals surface area contributed by atoms with Crippen molar-refractivity contribution in [3.05, 3.63) is 0 Å². The van der Waals surface area contributed by atoms with Crippen molar-refractivity contribution in [3.63, 3.8) is 0 Å². The van der Waals surface area contributed by atoms with Crippen LogP contribution in [0.3, 0.4) is 0 Å². The first-order valence-electron chi connectivity index (χ1n) is 7.27. The van der Waals surface area contributed by atoms with E-state index in [4.69, 9.17) is 0 Å². The van der Waals surface area contributed by atoms with Crippen LogP contribution in [0, 0.1) is 11.8 Å². The van der Waals surface area contributed by atoms with Gasteiger partial charge in [-0.05, 0) is 44.1 Å². The molecule has 0 spiro atoms. The van der Waals surface area contributed by atoms with E-state index in [0.29, 0.717) is 0 Å². The van der Waals surface area contributed by atoms with Crippen LogP contribution in [0.15, 0.2) is 0 Å². The molecule has 2 nitrogen and oxygen atoms in total. The minimum absolute atomic E-state index is 0.758. The summed E-state index contributed by atoms with van der Waals surface area (Å²) in [6, 6.07) is 0.758. The highest BCUT2D eigenvalue weighted by Crippen LogP contribution is 2.31. The first-order chi connectivity index (χ1) is 7.81. The Morgan fingerprint density at radius 2 is 1.94 bits per heavy atom. The summed E-state index contributed by atoms with van der Waals surface area (Å²) in [6.07, 6.45) is 7.15. The lowest BCUT2D eigenvalue weighted by atomic mass is 9.90. The van der Waals surface area contributed by atoms with Gasteiger partial charge >= 0.3 is 0 Å². The minimum atomic E-state index is 0.758. The first kappa shape index (κ1) is 12.4. The van der Waals surface area contributed by atoms with Crippen LogP contribution in [0.25, 0.3) is 0 Å². The Morgan fingerprint density at radius 1 is 1.12 bits per heavy atom. The van der Waals surface area contributed by atoms with Gasteiger partial charge in [-0.15, -0.1) is 0 Å². The molecular weight excluding hydrogens is 196 g/mol. The molecule has 0 bridgehead atoms. The summed E-state index contributed by atoms with van der Waals surface area (Å²) in [6.45, 7) is 9.72. The van der Waals surface area contributed by atoms with Crippen LogP contribution >= 0.6 is 0 Å². The average Bonchev–Trinajstić information content (AvgIpc) is 3.02. The van der Waals surface area contributed by atoms with Crippen molar-refractivity contribution >= 4 is 0 Å². The van der Waals surface area contributed by atoms with E-state index in [0.717, 1.165) is 24.4 Å². The minimum Gasteiger partial charge on any atom is -0.313 e. The van der Waals surface area contributed by atoms with E-state index in [-0.39, 0.29) is 0 Å². The van der Waals surface area contributed by atoms with Gasteiger partial charge in [-0.3, -0.25) is 0 Å². The molecule has 1 heterocycles. The zero-order valence-corrected chi connectivity index (χ0v) is 11.0. The summed E-state index contributed by atoms with van der Waals surface area (Å²) < 4.78 is 0. The quantitative estimate of drug-likeness (QED) is 0.746. The standard InChI is InChI=1S/C14H28N2/c1-3-5-13-8-14(15-4-2)11-16(10-13)9-12-6-7-12/h12-15H,3-11H2,1-2H3. The van der Waals surface area contributed by atoms with Crippen molar-refractivity contribution in [3.8, 4) is 0 Å². The van der Waals surface area contributed by atoms with Crippen molar-refractivity contribution in [2.45, 2.75) is 52.0 Å². The molecule has 1 saturated heterocycles. The van der Waals surface area contributed by atoms with Crippen LogP contribution < -0.4 is 5.32 Å². The fourth-order valence-corrected chi connectivity index (χ4v) is 3.17. The molecule has 1 aliphatic carbocycles. The Morgan fingerprint density at radius 3 is 2.56 bits per heavy atom. The number of hydrogen-bond acceptors (Lipinski definition) is 2.